The van der Waals surface area contributed by atoms with Crippen LogP contribution in [0.15, 0.2) is 24.7 Å². The Labute approximate surface area is 88.5 Å². The highest BCUT2D eigenvalue weighted by atomic mass is 15.3. The fourth-order valence-electron chi connectivity index (χ4n) is 1.73. The van der Waals surface area contributed by atoms with Gasteiger partial charge < -0.3 is 5.73 Å². The molecule has 5 heteroatoms. The predicted octanol–water partition coefficient (Wildman–Crippen LogP) is 0.982. The summed E-state index contributed by atoms with van der Waals surface area (Å²) in [7, 11) is 1.92. The Morgan fingerprint density at radius 2 is 2.07 bits per heavy atom. The van der Waals surface area contributed by atoms with Crippen molar-refractivity contribution in [1.82, 2.24) is 19.6 Å². The summed E-state index contributed by atoms with van der Waals surface area (Å²) in [5.74, 6) is 0. The average Bonchev–Trinajstić information content (AvgIpc) is 2.74. The topological polar surface area (TPSA) is 61.7 Å². The molecule has 0 aliphatic heterocycles. The van der Waals surface area contributed by atoms with Crippen LogP contribution in [0.5, 0.6) is 0 Å². The van der Waals surface area contributed by atoms with Crippen LogP contribution in [0.3, 0.4) is 0 Å². The van der Waals surface area contributed by atoms with Crippen LogP contribution in [-0.2, 0) is 12.6 Å². The first kappa shape index (κ1) is 9.76. The first-order valence-electron chi connectivity index (χ1n) is 4.81. The highest BCUT2D eigenvalue weighted by Crippen LogP contribution is 2.24. The van der Waals surface area contributed by atoms with Gasteiger partial charge in [-0.05, 0) is 19.9 Å². The van der Waals surface area contributed by atoms with E-state index in [9.17, 15) is 0 Å². The van der Waals surface area contributed by atoms with Crippen LogP contribution in [-0.4, -0.2) is 19.6 Å². The van der Waals surface area contributed by atoms with Gasteiger partial charge in [-0.1, -0.05) is 0 Å². The van der Waals surface area contributed by atoms with Crippen molar-refractivity contribution in [3.8, 4) is 0 Å². The number of hydrogen-bond donors (Lipinski definition) is 1. The van der Waals surface area contributed by atoms with E-state index in [1.54, 1.807) is 12.4 Å². The molecule has 5 nitrogen and oxygen atoms in total. The second kappa shape index (κ2) is 3.12. The lowest BCUT2D eigenvalue weighted by Gasteiger charge is -2.25. The maximum Gasteiger partial charge on any atom is 0.0986 e. The summed E-state index contributed by atoms with van der Waals surface area (Å²) in [5.41, 5.74) is 7.17. The number of hydrogen-bond acceptors (Lipinski definition) is 3. The molecular weight excluding hydrogens is 190 g/mol. The first-order chi connectivity index (χ1) is 7.01. The van der Waals surface area contributed by atoms with Gasteiger partial charge in [-0.2, -0.15) is 10.2 Å². The Bertz CT molecular complexity index is 466. The van der Waals surface area contributed by atoms with E-state index in [0.717, 1.165) is 5.69 Å². The fourth-order valence-corrected chi connectivity index (χ4v) is 1.73. The summed E-state index contributed by atoms with van der Waals surface area (Å²) in [6, 6.07) is 1.98. The number of nitrogens with zero attached hydrogens (tertiary/aromatic N) is 4. The summed E-state index contributed by atoms with van der Waals surface area (Å²) in [6.07, 6.45) is 5.26. The molecule has 2 rings (SSSR count). The van der Waals surface area contributed by atoms with Crippen LogP contribution >= 0.6 is 0 Å². The van der Waals surface area contributed by atoms with Gasteiger partial charge in [0.15, 0.2) is 0 Å². The molecule has 0 saturated heterocycles. The van der Waals surface area contributed by atoms with E-state index in [0.29, 0.717) is 5.69 Å². The van der Waals surface area contributed by atoms with Crippen molar-refractivity contribution in [2.75, 3.05) is 5.73 Å². The van der Waals surface area contributed by atoms with E-state index in [1.807, 2.05) is 28.7 Å². The fraction of sp³-hybridized carbons (Fsp3) is 0.400. The number of aromatic nitrogens is 4. The molecule has 0 aliphatic rings. The molecule has 0 spiro atoms. The van der Waals surface area contributed by atoms with Gasteiger partial charge in [0.05, 0.1) is 23.1 Å². The Kier molecular flexibility index (Phi) is 2.03. The van der Waals surface area contributed by atoms with Crippen LogP contribution in [0.25, 0.3) is 0 Å². The summed E-state index contributed by atoms with van der Waals surface area (Å²) >= 11 is 0. The molecular formula is C10H15N5. The lowest BCUT2D eigenvalue weighted by atomic mass is 10.0. The van der Waals surface area contributed by atoms with Crippen LogP contribution in [0, 0.1) is 0 Å². The number of nitrogens with two attached hydrogens (primary N) is 1. The van der Waals surface area contributed by atoms with E-state index >= 15 is 0 Å². The third-order valence-corrected chi connectivity index (χ3v) is 2.62. The van der Waals surface area contributed by atoms with Gasteiger partial charge in [-0.15, -0.1) is 0 Å². The maximum atomic E-state index is 5.66. The number of aryl methyl sites for hydroxylation is 1. The second-order valence-corrected chi connectivity index (χ2v) is 4.12. The smallest absolute Gasteiger partial charge is 0.0986 e. The molecule has 0 fully saturated rings. The molecule has 0 atom stereocenters. The first-order valence-corrected chi connectivity index (χ1v) is 4.81. The number of anilines is 1. The molecule has 0 saturated carbocycles. The van der Waals surface area contributed by atoms with Crippen molar-refractivity contribution < 1.29 is 0 Å². The second-order valence-electron chi connectivity index (χ2n) is 4.12. The number of nitrogen functional groups attached to an aromatic ring is 1. The Hall–Kier alpha value is -1.78. The Morgan fingerprint density at radius 3 is 2.53 bits per heavy atom. The minimum atomic E-state index is -0.247. The maximum absolute atomic E-state index is 5.66. The molecule has 15 heavy (non-hydrogen) atoms. The molecule has 2 N–H and O–H groups in total. The largest absolute Gasteiger partial charge is 0.396 e. The normalized spacial score (nSPS) is 11.9. The predicted molar refractivity (Wildman–Crippen MR) is 58.3 cm³/mol. The van der Waals surface area contributed by atoms with E-state index in [2.05, 4.69) is 24.0 Å². The monoisotopic (exact) mass is 205 g/mol. The lowest BCUT2D eigenvalue weighted by Crippen LogP contribution is -2.30. The van der Waals surface area contributed by atoms with Crippen LogP contribution < -0.4 is 5.73 Å². The van der Waals surface area contributed by atoms with Gasteiger partial charge in [0.1, 0.15) is 0 Å². The highest BCUT2D eigenvalue weighted by Gasteiger charge is 2.26. The van der Waals surface area contributed by atoms with Crippen molar-refractivity contribution in [2.45, 2.75) is 19.4 Å². The van der Waals surface area contributed by atoms with E-state index in [4.69, 9.17) is 5.73 Å². The molecule has 0 aromatic carbocycles. The van der Waals surface area contributed by atoms with Crippen molar-refractivity contribution in [2.24, 2.45) is 7.05 Å². The van der Waals surface area contributed by atoms with E-state index < -0.39 is 0 Å². The highest BCUT2D eigenvalue weighted by molar-refractivity contribution is 5.32. The van der Waals surface area contributed by atoms with Crippen molar-refractivity contribution in [3.63, 3.8) is 0 Å². The molecule has 80 valence electrons. The molecule has 0 bridgehead atoms. The van der Waals surface area contributed by atoms with Gasteiger partial charge in [0.2, 0.25) is 0 Å². The standard InChI is InChI=1S/C10H15N5/c1-10(2,9-4-5-12-14(9)3)15-7-8(11)6-13-15/h4-7H,11H2,1-3H3. The van der Waals surface area contributed by atoms with Crippen molar-refractivity contribution in [3.05, 3.63) is 30.4 Å². The Morgan fingerprint density at radius 1 is 1.33 bits per heavy atom. The minimum Gasteiger partial charge on any atom is -0.396 e. The third kappa shape index (κ3) is 1.49. The van der Waals surface area contributed by atoms with Gasteiger partial charge in [-0.3, -0.25) is 9.36 Å². The molecule has 2 heterocycles. The minimum absolute atomic E-state index is 0.247. The van der Waals surface area contributed by atoms with E-state index in [-0.39, 0.29) is 5.54 Å². The van der Waals surface area contributed by atoms with Gasteiger partial charge >= 0.3 is 0 Å². The van der Waals surface area contributed by atoms with Crippen molar-refractivity contribution in [1.29, 1.82) is 0 Å². The summed E-state index contributed by atoms with van der Waals surface area (Å²) < 4.78 is 3.69. The average molecular weight is 205 g/mol. The third-order valence-electron chi connectivity index (χ3n) is 2.62. The van der Waals surface area contributed by atoms with Crippen LogP contribution in [0.2, 0.25) is 0 Å². The van der Waals surface area contributed by atoms with Crippen LogP contribution in [0.1, 0.15) is 19.5 Å². The zero-order valence-electron chi connectivity index (χ0n) is 9.18. The molecule has 0 radical (unpaired) electrons. The van der Waals surface area contributed by atoms with Gasteiger partial charge in [0, 0.05) is 19.4 Å². The number of rotatable bonds is 2. The zero-order valence-corrected chi connectivity index (χ0v) is 9.18. The van der Waals surface area contributed by atoms with Crippen LogP contribution in [0.4, 0.5) is 5.69 Å². The molecule has 2 aromatic heterocycles. The SMILES string of the molecule is Cn1nccc1C(C)(C)n1cc(N)cn1. The lowest BCUT2D eigenvalue weighted by molar-refractivity contribution is 0.364. The van der Waals surface area contributed by atoms with E-state index in [1.165, 1.54) is 0 Å². The van der Waals surface area contributed by atoms with Crippen molar-refractivity contribution >= 4 is 5.69 Å². The molecule has 2 aromatic rings. The summed E-state index contributed by atoms with van der Waals surface area (Å²) in [6.45, 7) is 4.16. The quantitative estimate of drug-likeness (QED) is 0.795. The van der Waals surface area contributed by atoms with Gasteiger partial charge in [0.25, 0.3) is 0 Å². The summed E-state index contributed by atoms with van der Waals surface area (Å²) in [5, 5.41) is 8.39. The molecule has 0 unspecified atom stereocenters. The van der Waals surface area contributed by atoms with Gasteiger partial charge in [-0.25, -0.2) is 0 Å². The zero-order chi connectivity index (χ0) is 11.1. The summed E-state index contributed by atoms with van der Waals surface area (Å²) in [4.78, 5) is 0. The molecule has 0 amide bonds. The molecule has 0 aliphatic carbocycles. The Balaban J connectivity index is 2.47.